The van der Waals surface area contributed by atoms with E-state index in [1.165, 1.54) is 6.07 Å². The number of ether oxygens (including phenoxy) is 2. The highest BCUT2D eigenvalue weighted by Gasteiger charge is 2.09. The molecule has 0 unspecified atom stereocenters. The van der Waals surface area contributed by atoms with Crippen molar-refractivity contribution >= 4 is 17.6 Å². The van der Waals surface area contributed by atoms with E-state index in [4.69, 9.17) is 9.47 Å². The van der Waals surface area contributed by atoms with Gasteiger partial charge in [-0.05, 0) is 43.2 Å². The third kappa shape index (κ3) is 5.91. The summed E-state index contributed by atoms with van der Waals surface area (Å²) < 4.78 is 23.8. The zero-order valence-electron chi connectivity index (χ0n) is 14.2. The molecular formula is C19H20FNO4. The Morgan fingerprint density at radius 3 is 2.56 bits per heavy atom. The van der Waals surface area contributed by atoms with Crippen LogP contribution in [0.1, 0.15) is 17.5 Å². The summed E-state index contributed by atoms with van der Waals surface area (Å²) in [6, 6.07) is 11.8. The van der Waals surface area contributed by atoms with Crippen molar-refractivity contribution in [1.82, 2.24) is 0 Å². The highest BCUT2D eigenvalue weighted by atomic mass is 19.1. The normalized spacial score (nSPS) is 10.2. The number of para-hydroxylation sites is 1. The maximum Gasteiger partial charge on any atom is 0.309 e. The van der Waals surface area contributed by atoms with E-state index in [0.29, 0.717) is 17.0 Å². The van der Waals surface area contributed by atoms with Crippen LogP contribution in [0, 0.1) is 19.7 Å². The number of halogens is 1. The van der Waals surface area contributed by atoms with E-state index in [2.05, 4.69) is 5.32 Å². The zero-order valence-corrected chi connectivity index (χ0v) is 14.2. The molecule has 0 aromatic heterocycles. The van der Waals surface area contributed by atoms with Gasteiger partial charge in [-0.25, -0.2) is 4.39 Å². The molecule has 0 atom stereocenters. The van der Waals surface area contributed by atoms with Crippen LogP contribution in [0.2, 0.25) is 0 Å². The highest BCUT2D eigenvalue weighted by molar-refractivity contribution is 5.92. The number of aryl methyl sites for hydroxylation is 2. The van der Waals surface area contributed by atoms with Crippen molar-refractivity contribution in [3.8, 4) is 5.75 Å². The van der Waals surface area contributed by atoms with Crippen LogP contribution in [-0.2, 0) is 14.3 Å². The molecule has 5 nitrogen and oxygen atoms in total. The van der Waals surface area contributed by atoms with Crippen LogP contribution in [0.25, 0.3) is 0 Å². The first kappa shape index (κ1) is 18.4. The quantitative estimate of drug-likeness (QED) is 0.781. The van der Waals surface area contributed by atoms with Crippen LogP contribution in [0.4, 0.5) is 10.1 Å². The second-order valence-electron chi connectivity index (χ2n) is 5.54. The minimum absolute atomic E-state index is 0.0285. The van der Waals surface area contributed by atoms with Gasteiger partial charge in [0, 0.05) is 5.69 Å². The van der Waals surface area contributed by atoms with E-state index >= 15 is 0 Å². The molecule has 0 radical (unpaired) electrons. The molecule has 132 valence electrons. The number of esters is 1. The SMILES string of the molecule is Cc1ccc(NC(=O)COC(=O)CCOc2ccccc2C)cc1F. The predicted molar refractivity (Wildman–Crippen MR) is 92.0 cm³/mol. The monoisotopic (exact) mass is 345 g/mol. The Kier molecular flexibility index (Phi) is 6.51. The van der Waals surface area contributed by atoms with Gasteiger partial charge in [0.05, 0.1) is 13.0 Å². The number of nitrogens with one attached hydrogen (secondary N) is 1. The fourth-order valence-electron chi connectivity index (χ4n) is 2.05. The van der Waals surface area contributed by atoms with Gasteiger partial charge in [0.15, 0.2) is 6.61 Å². The molecule has 0 heterocycles. The Hall–Kier alpha value is -2.89. The van der Waals surface area contributed by atoms with Crippen molar-refractivity contribution < 1.29 is 23.5 Å². The first-order chi connectivity index (χ1) is 12.0. The van der Waals surface area contributed by atoms with Crippen molar-refractivity contribution in [2.24, 2.45) is 0 Å². The van der Waals surface area contributed by atoms with Gasteiger partial charge in [0.1, 0.15) is 11.6 Å². The first-order valence-electron chi connectivity index (χ1n) is 7.86. The van der Waals surface area contributed by atoms with E-state index in [-0.39, 0.29) is 13.0 Å². The number of anilines is 1. The lowest BCUT2D eigenvalue weighted by Crippen LogP contribution is -2.21. The molecule has 2 aromatic carbocycles. The van der Waals surface area contributed by atoms with E-state index < -0.39 is 24.3 Å². The molecule has 2 rings (SSSR count). The smallest absolute Gasteiger partial charge is 0.309 e. The van der Waals surface area contributed by atoms with Crippen LogP contribution in [0.5, 0.6) is 5.75 Å². The lowest BCUT2D eigenvalue weighted by molar-refractivity contribution is -0.147. The van der Waals surface area contributed by atoms with Gasteiger partial charge in [0.2, 0.25) is 0 Å². The number of rotatable bonds is 7. The molecule has 0 aliphatic rings. The van der Waals surface area contributed by atoms with Crippen molar-refractivity contribution in [1.29, 1.82) is 0 Å². The molecule has 1 N–H and O–H groups in total. The van der Waals surface area contributed by atoms with Crippen molar-refractivity contribution in [2.45, 2.75) is 20.3 Å². The summed E-state index contributed by atoms with van der Waals surface area (Å²) in [5.41, 5.74) is 1.77. The highest BCUT2D eigenvalue weighted by Crippen LogP contribution is 2.16. The van der Waals surface area contributed by atoms with Crippen LogP contribution in [0.15, 0.2) is 42.5 Å². The van der Waals surface area contributed by atoms with Crippen LogP contribution in [-0.4, -0.2) is 25.1 Å². The summed E-state index contributed by atoms with van der Waals surface area (Å²) in [4.78, 5) is 23.3. The lowest BCUT2D eigenvalue weighted by atomic mass is 10.2. The number of carbonyl (C=O) groups excluding carboxylic acids is 2. The van der Waals surface area contributed by atoms with Crippen molar-refractivity contribution in [3.63, 3.8) is 0 Å². The van der Waals surface area contributed by atoms with Gasteiger partial charge in [-0.3, -0.25) is 9.59 Å². The molecule has 0 saturated carbocycles. The molecule has 2 aromatic rings. The van der Waals surface area contributed by atoms with Crippen molar-refractivity contribution in [2.75, 3.05) is 18.5 Å². The molecule has 0 spiro atoms. The van der Waals surface area contributed by atoms with Gasteiger partial charge >= 0.3 is 5.97 Å². The zero-order chi connectivity index (χ0) is 18.2. The van der Waals surface area contributed by atoms with E-state index in [1.54, 1.807) is 19.1 Å². The topological polar surface area (TPSA) is 64.6 Å². The number of benzene rings is 2. The Morgan fingerprint density at radius 2 is 1.84 bits per heavy atom. The maximum absolute atomic E-state index is 13.4. The third-order valence-electron chi connectivity index (χ3n) is 3.48. The van der Waals surface area contributed by atoms with Crippen LogP contribution < -0.4 is 10.1 Å². The Balaban J connectivity index is 1.69. The Morgan fingerprint density at radius 1 is 1.08 bits per heavy atom. The summed E-state index contributed by atoms with van der Waals surface area (Å²) in [5, 5.41) is 2.47. The molecule has 0 aliphatic heterocycles. The predicted octanol–water partition coefficient (Wildman–Crippen LogP) is 3.39. The molecule has 6 heteroatoms. The van der Waals surface area contributed by atoms with Gasteiger partial charge in [0.25, 0.3) is 5.91 Å². The fourth-order valence-corrected chi connectivity index (χ4v) is 2.05. The number of hydrogen-bond donors (Lipinski definition) is 1. The van der Waals surface area contributed by atoms with Crippen LogP contribution in [0.3, 0.4) is 0 Å². The molecule has 1 amide bonds. The molecule has 0 aliphatic carbocycles. The first-order valence-corrected chi connectivity index (χ1v) is 7.86. The fraction of sp³-hybridized carbons (Fsp3) is 0.263. The van der Waals surface area contributed by atoms with Crippen LogP contribution >= 0.6 is 0 Å². The Labute approximate surface area is 145 Å². The molecule has 0 bridgehead atoms. The standard InChI is InChI=1S/C19H20FNO4/c1-13-7-8-15(11-16(13)20)21-18(22)12-25-19(23)9-10-24-17-6-4-3-5-14(17)2/h3-8,11H,9-10,12H2,1-2H3,(H,21,22). The second kappa shape index (κ2) is 8.82. The van der Waals surface area contributed by atoms with E-state index in [1.807, 2.05) is 31.2 Å². The summed E-state index contributed by atoms with van der Waals surface area (Å²) in [7, 11) is 0. The number of hydrogen-bond acceptors (Lipinski definition) is 4. The van der Waals surface area contributed by atoms with Gasteiger partial charge in [-0.1, -0.05) is 24.3 Å². The van der Waals surface area contributed by atoms with E-state index in [0.717, 1.165) is 5.56 Å². The lowest BCUT2D eigenvalue weighted by Gasteiger charge is -2.09. The van der Waals surface area contributed by atoms with E-state index in [9.17, 15) is 14.0 Å². The number of carbonyl (C=O) groups is 2. The third-order valence-corrected chi connectivity index (χ3v) is 3.48. The van der Waals surface area contributed by atoms with Crippen molar-refractivity contribution in [3.05, 3.63) is 59.4 Å². The number of amides is 1. The van der Waals surface area contributed by atoms with Gasteiger partial charge in [-0.15, -0.1) is 0 Å². The molecule has 25 heavy (non-hydrogen) atoms. The average molecular weight is 345 g/mol. The Bertz CT molecular complexity index is 761. The second-order valence-corrected chi connectivity index (χ2v) is 5.54. The largest absolute Gasteiger partial charge is 0.493 e. The van der Waals surface area contributed by atoms with Gasteiger partial charge < -0.3 is 14.8 Å². The average Bonchev–Trinajstić information content (AvgIpc) is 2.58. The summed E-state index contributed by atoms with van der Waals surface area (Å²) >= 11 is 0. The minimum atomic E-state index is -0.543. The maximum atomic E-state index is 13.4. The summed E-state index contributed by atoms with van der Waals surface area (Å²) in [5.74, 6) is -0.784. The molecule has 0 fully saturated rings. The van der Waals surface area contributed by atoms with Gasteiger partial charge in [-0.2, -0.15) is 0 Å². The molecule has 0 saturated heterocycles. The summed E-state index contributed by atoms with van der Waals surface area (Å²) in [6.45, 7) is 3.26. The molecular weight excluding hydrogens is 325 g/mol. The minimum Gasteiger partial charge on any atom is -0.493 e. The summed E-state index contributed by atoms with van der Waals surface area (Å²) in [6.07, 6.45) is 0.0285.